The van der Waals surface area contributed by atoms with Crippen LogP contribution in [-0.4, -0.2) is 49.9 Å². The minimum absolute atomic E-state index is 0.191. The highest BCUT2D eigenvalue weighted by Gasteiger charge is 2.47. The number of fused-ring (bicyclic) bond motifs is 4. The molecule has 0 bridgehead atoms. The SMILES string of the molecule is Cn1nc(I)c2oc3nc(OC[C@@]45CCCN4C/C(=C\F)C5)nc(OCc4ccccc4)c3c21. The van der Waals surface area contributed by atoms with Crippen molar-refractivity contribution >= 4 is 44.8 Å². The van der Waals surface area contributed by atoms with Crippen molar-refractivity contribution in [2.45, 2.75) is 31.4 Å². The average molecular weight is 575 g/mol. The molecule has 0 amide bonds. The molecule has 0 N–H and O–H groups in total. The lowest BCUT2D eigenvalue weighted by atomic mass is 9.94. The maximum atomic E-state index is 13.2. The van der Waals surface area contributed by atoms with E-state index in [2.05, 4.69) is 42.6 Å². The van der Waals surface area contributed by atoms with E-state index >= 15 is 0 Å². The quantitative estimate of drug-likeness (QED) is 0.307. The zero-order valence-corrected chi connectivity index (χ0v) is 20.8. The van der Waals surface area contributed by atoms with E-state index in [1.807, 2.05) is 37.4 Å². The monoisotopic (exact) mass is 575 g/mol. The first kappa shape index (κ1) is 21.8. The summed E-state index contributed by atoms with van der Waals surface area (Å²) in [6.45, 7) is 2.32. The average Bonchev–Trinajstić information content (AvgIpc) is 3.57. The Morgan fingerprint density at radius 2 is 2.09 bits per heavy atom. The summed E-state index contributed by atoms with van der Waals surface area (Å²) >= 11 is 2.14. The zero-order valence-electron chi connectivity index (χ0n) is 18.6. The summed E-state index contributed by atoms with van der Waals surface area (Å²) in [5, 5.41) is 5.11. The molecule has 8 nitrogen and oxygen atoms in total. The van der Waals surface area contributed by atoms with Crippen LogP contribution in [0.2, 0.25) is 0 Å². The minimum atomic E-state index is -0.214. The van der Waals surface area contributed by atoms with Crippen LogP contribution >= 0.6 is 22.6 Å². The molecule has 0 aliphatic carbocycles. The number of nitrogens with zero attached hydrogens (tertiary/aromatic N) is 5. The highest BCUT2D eigenvalue weighted by Crippen LogP contribution is 2.42. The van der Waals surface area contributed by atoms with E-state index in [0.717, 1.165) is 46.1 Å². The van der Waals surface area contributed by atoms with Gasteiger partial charge in [-0.05, 0) is 59.5 Å². The third-order valence-electron chi connectivity index (χ3n) is 6.76. The van der Waals surface area contributed by atoms with Gasteiger partial charge < -0.3 is 13.9 Å². The highest BCUT2D eigenvalue weighted by molar-refractivity contribution is 14.1. The molecule has 0 unspecified atom stereocenters. The third-order valence-corrected chi connectivity index (χ3v) is 7.46. The van der Waals surface area contributed by atoms with Gasteiger partial charge in [0, 0.05) is 13.6 Å². The molecule has 1 atom stereocenters. The van der Waals surface area contributed by atoms with Crippen LogP contribution in [0.25, 0.3) is 22.2 Å². The molecule has 2 aliphatic heterocycles. The second-order valence-corrected chi connectivity index (χ2v) is 9.96. The lowest BCUT2D eigenvalue weighted by Gasteiger charge is -2.30. The fourth-order valence-corrected chi connectivity index (χ4v) is 5.85. The fraction of sp³-hybridized carbons (Fsp3) is 0.375. The first-order chi connectivity index (χ1) is 16.6. The molecule has 34 heavy (non-hydrogen) atoms. The summed E-state index contributed by atoms with van der Waals surface area (Å²) in [6.07, 6.45) is 3.43. The van der Waals surface area contributed by atoms with Crippen molar-refractivity contribution < 1.29 is 18.3 Å². The maximum absolute atomic E-state index is 13.2. The predicted molar refractivity (Wildman–Crippen MR) is 132 cm³/mol. The highest BCUT2D eigenvalue weighted by atomic mass is 127. The molecule has 2 saturated heterocycles. The minimum Gasteiger partial charge on any atom is -0.472 e. The Bertz CT molecular complexity index is 1400. The molecule has 1 aromatic carbocycles. The van der Waals surface area contributed by atoms with E-state index in [0.29, 0.717) is 48.7 Å². The summed E-state index contributed by atoms with van der Waals surface area (Å²) in [5.41, 5.74) is 3.44. The number of rotatable bonds is 6. The van der Waals surface area contributed by atoms with Gasteiger partial charge in [0.2, 0.25) is 11.6 Å². The Labute approximate surface area is 208 Å². The lowest BCUT2D eigenvalue weighted by molar-refractivity contribution is 0.107. The van der Waals surface area contributed by atoms with Crippen LogP contribution in [0.4, 0.5) is 4.39 Å². The zero-order chi connectivity index (χ0) is 23.3. The van der Waals surface area contributed by atoms with Gasteiger partial charge >= 0.3 is 6.01 Å². The second-order valence-electron chi connectivity index (χ2n) is 8.94. The summed E-state index contributed by atoms with van der Waals surface area (Å²) in [5.74, 6) is 0.388. The van der Waals surface area contributed by atoms with Crippen molar-refractivity contribution in [3.05, 3.63) is 51.5 Å². The first-order valence-electron chi connectivity index (χ1n) is 11.2. The molecular formula is C24H23FIN5O3. The molecule has 0 saturated carbocycles. The Hall–Kier alpha value is -2.73. The normalized spacial score (nSPS) is 21.7. The van der Waals surface area contributed by atoms with Crippen molar-refractivity contribution in [2.24, 2.45) is 7.05 Å². The molecule has 176 valence electrons. The molecule has 2 aliphatic rings. The number of hydrogen-bond donors (Lipinski definition) is 0. The Balaban J connectivity index is 1.36. The van der Waals surface area contributed by atoms with Gasteiger partial charge in [-0.2, -0.15) is 15.1 Å². The smallest absolute Gasteiger partial charge is 0.323 e. The molecular weight excluding hydrogens is 552 g/mol. The van der Waals surface area contributed by atoms with Crippen LogP contribution in [0.3, 0.4) is 0 Å². The van der Waals surface area contributed by atoms with Gasteiger partial charge in [0.25, 0.3) is 0 Å². The molecule has 0 spiro atoms. The number of aromatic nitrogens is 4. The topological polar surface area (TPSA) is 78.4 Å². The first-order valence-corrected chi connectivity index (χ1v) is 12.3. The lowest BCUT2D eigenvalue weighted by Crippen LogP contribution is -2.43. The summed E-state index contributed by atoms with van der Waals surface area (Å²) < 4.78 is 34.1. The van der Waals surface area contributed by atoms with Crippen LogP contribution < -0.4 is 9.47 Å². The van der Waals surface area contributed by atoms with Gasteiger partial charge in [-0.1, -0.05) is 30.3 Å². The molecule has 4 aromatic rings. The number of furan rings is 1. The summed E-state index contributed by atoms with van der Waals surface area (Å²) in [6, 6.07) is 10.1. The number of benzene rings is 1. The van der Waals surface area contributed by atoms with Crippen LogP contribution in [0.5, 0.6) is 11.9 Å². The van der Waals surface area contributed by atoms with Gasteiger partial charge in [-0.15, -0.1) is 0 Å². The summed E-state index contributed by atoms with van der Waals surface area (Å²) in [7, 11) is 1.86. The Morgan fingerprint density at radius 1 is 1.24 bits per heavy atom. The Kier molecular flexibility index (Phi) is 5.44. The van der Waals surface area contributed by atoms with E-state index in [-0.39, 0.29) is 11.5 Å². The van der Waals surface area contributed by atoms with Gasteiger partial charge in [0.05, 0.1) is 11.9 Å². The van der Waals surface area contributed by atoms with E-state index < -0.39 is 0 Å². The van der Waals surface area contributed by atoms with E-state index in [9.17, 15) is 4.39 Å². The Morgan fingerprint density at radius 3 is 2.91 bits per heavy atom. The molecule has 6 rings (SSSR count). The third kappa shape index (κ3) is 3.63. The number of halogens is 2. The van der Waals surface area contributed by atoms with Crippen molar-refractivity contribution in [1.82, 2.24) is 24.6 Å². The molecule has 0 radical (unpaired) electrons. The molecule has 2 fully saturated rings. The van der Waals surface area contributed by atoms with Gasteiger partial charge in [-0.25, -0.2) is 4.39 Å². The van der Waals surface area contributed by atoms with Crippen molar-refractivity contribution in [2.75, 3.05) is 19.7 Å². The van der Waals surface area contributed by atoms with Gasteiger partial charge in [0.1, 0.15) is 24.1 Å². The van der Waals surface area contributed by atoms with Crippen LogP contribution in [-0.2, 0) is 13.7 Å². The van der Waals surface area contributed by atoms with E-state index in [1.54, 1.807) is 4.68 Å². The second kappa shape index (κ2) is 8.49. The van der Waals surface area contributed by atoms with Crippen molar-refractivity contribution in [3.63, 3.8) is 0 Å². The number of aryl methyl sites for hydroxylation is 1. The van der Waals surface area contributed by atoms with Gasteiger partial charge in [-0.3, -0.25) is 9.58 Å². The molecule has 3 aromatic heterocycles. The fourth-order valence-electron chi connectivity index (χ4n) is 5.16. The largest absolute Gasteiger partial charge is 0.472 e. The number of hydrogen-bond acceptors (Lipinski definition) is 7. The maximum Gasteiger partial charge on any atom is 0.323 e. The summed E-state index contributed by atoms with van der Waals surface area (Å²) in [4.78, 5) is 11.5. The van der Waals surface area contributed by atoms with Crippen molar-refractivity contribution in [3.8, 4) is 11.9 Å². The van der Waals surface area contributed by atoms with Crippen LogP contribution in [0.1, 0.15) is 24.8 Å². The van der Waals surface area contributed by atoms with Crippen LogP contribution in [0, 0.1) is 3.70 Å². The molecule has 5 heterocycles. The van der Waals surface area contributed by atoms with Crippen molar-refractivity contribution in [1.29, 1.82) is 0 Å². The predicted octanol–water partition coefficient (Wildman–Crippen LogP) is 4.76. The van der Waals surface area contributed by atoms with Gasteiger partial charge in [0.15, 0.2) is 9.28 Å². The molecule has 10 heteroatoms. The number of ether oxygens (including phenoxy) is 2. The van der Waals surface area contributed by atoms with E-state index in [1.165, 1.54) is 0 Å². The van der Waals surface area contributed by atoms with Crippen LogP contribution in [0.15, 0.2) is 46.7 Å². The van der Waals surface area contributed by atoms with E-state index in [4.69, 9.17) is 13.9 Å². The standard InChI is InChI=1S/C24H23FIN5O3/c1-30-18-17-21(32-13-15-6-3-2-4-7-15)27-23(28-22(17)34-19(18)20(26)29-30)33-14-24-8-5-9-31(24)12-16(10-24)11-25/h2-4,6-7,11H,5,8-10,12-14H2,1H3/b16-11-/t24-/m0/s1.